The predicted molar refractivity (Wildman–Crippen MR) is 79.4 cm³/mol. The van der Waals surface area contributed by atoms with Crippen LogP contribution in [-0.4, -0.2) is 32.8 Å². The highest BCUT2D eigenvalue weighted by molar-refractivity contribution is 7.46. The highest BCUT2D eigenvalue weighted by atomic mass is 32.1. The molecule has 0 radical (unpaired) electrons. The fourth-order valence-electron chi connectivity index (χ4n) is 1.51. The van der Waals surface area contributed by atoms with Crippen molar-refractivity contribution in [1.29, 1.82) is 0 Å². The maximum absolute atomic E-state index is 10.5. The van der Waals surface area contributed by atoms with Gasteiger partial charge in [-0.05, 0) is 29.7 Å². The first-order chi connectivity index (χ1) is 10.0. The van der Waals surface area contributed by atoms with Crippen molar-refractivity contribution in [1.82, 2.24) is 9.78 Å². The summed E-state index contributed by atoms with van der Waals surface area (Å²) in [5.74, 6) is 0. The molecule has 7 nitrogen and oxygen atoms in total. The van der Waals surface area contributed by atoms with Crippen molar-refractivity contribution in [3.8, 4) is 0 Å². The summed E-state index contributed by atoms with van der Waals surface area (Å²) < 4.78 is 21.6. The minimum Gasteiger partial charge on any atom is -0.357 e. The summed E-state index contributed by atoms with van der Waals surface area (Å²) in [7, 11) is -4.43. The number of nitrogens with zero attached hydrogens (tertiary/aromatic N) is 2. The van der Waals surface area contributed by atoms with Crippen LogP contribution in [0.15, 0.2) is 29.8 Å². The maximum Gasteiger partial charge on any atom is 0.469 e. The number of hydrogen-bond acceptors (Lipinski definition) is 5. The molecule has 0 bridgehead atoms. The van der Waals surface area contributed by atoms with E-state index in [0.29, 0.717) is 0 Å². The highest BCUT2D eigenvalue weighted by Crippen LogP contribution is 2.35. The van der Waals surface area contributed by atoms with E-state index in [1.807, 2.05) is 35.7 Å². The second-order valence-corrected chi connectivity index (χ2v) is 6.18. The van der Waals surface area contributed by atoms with E-state index in [1.54, 1.807) is 22.2 Å². The number of thiophene rings is 1. The van der Waals surface area contributed by atoms with Gasteiger partial charge in [0.25, 0.3) is 0 Å². The molecule has 0 aliphatic rings. The van der Waals surface area contributed by atoms with Crippen molar-refractivity contribution in [3.05, 3.63) is 40.3 Å². The van der Waals surface area contributed by atoms with E-state index in [4.69, 9.17) is 14.5 Å². The minimum absolute atomic E-state index is 0.0685. The van der Waals surface area contributed by atoms with Gasteiger partial charge in [-0.2, -0.15) is 5.10 Å². The molecule has 2 heterocycles. The van der Waals surface area contributed by atoms with Crippen LogP contribution in [0.4, 0.5) is 0 Å². The first-order valence-electron chi connectivity index (χ1n) is 6.06. The molecule has 0 atom stereocenters. The van der Waals surface area contributed by atoms with Gasteiger partial charge in [-0.3, -0.25) is 4.52 Å². The number of ether oxygens (including phenoxy) is 1. The number of hydrogen-bond donors (Lipinski definition) is 2. The van der Waals surface area contributed by atoms with E-state index in [9.17, 15) is 4.57 Å². The van der Waals surface area contributed by atoms with Gasteiger partial charge in [0.2, 0.25) is 0 Å². The average Bonchev–Trinajstić information content (AvgIpc) is 3.05. The van der Waals surface area contributed by atoms with Crippen LogP contribution in [0.1, 0.15) is 10.6 Å². The van der Waals surface area contributed by atoms with Crippen LogP contribution in [0.25, 0.3) is 12.2 Å². The van der Waals surface area contributed by atoms with Crippen LogP contribution in [-0.2, 0) is 20.6 Å². The Morgan fingerprint density at radius 2 is 2.19 bits per heavy atom. The summed E-state index contributed by atoms with van der Waals surface area (Å²) in [6.07, 6.45) is 5.56. The van der Waals surface area contributed by atoms with Crippen LogP contribution < -0.4 is 0 Å². The van der Waals surface area contributed by atoms with Gasteiger partial charge in [-0.25, -0.2) is 9.25 Å². The monoisotopic (exact) mass is 330 g/mol. The van der Waals surface area contributed by atoms with E-state index in [2.05, 4.69) is 9.62 Å². The number of phosphoric acid groups is 1. The average molecular weight is 330 g/mol. The second kappa shape index (κ2) is 7.65. The van der Waals surface area contributed by atoms with Crippen molar-refractivity contribution in [2.75, 3.05) is 13.2 Å². The van der Waals surface area contributed by atoms with Crippen molar-refractivity contribution in [2.45, 2.75) is 6.73 Å². The molecule has 0 aliphatic carbocycles. The Morgan fingerprint density at radius 3 is 2.90 bits per heavy atom. The lowest BCUT2D eigenvalue weighted by atomic mass is 10.3. The molecular weight excluding hydrogens is 315 g/mol. The van der Waals surface area contributed by atoms with Crippen molar-refractivity contribution in [3.63, 3.8) is 0 Å². The molecule has 114 valence electrons. The van der Waals surface area contributed by atoms with Crippen molar-refractivity contribution in [2.24, 2.45) is 0 Å². The molecule has 0 saturated carbocycles. The number of phosphoric ester groups is 1. The molecule has 0 amide bonds. The zero-order valence-corrected chi connectivity index (χ0v) is 12.7. The summed E-state index contributed by atoms with van der Waals surface area (Å²) in [6, 6.07) is 5.84. The van der Waals surface area contributed by atoms with E-state index in [0.717, 1.165) is 10.6 Å². The van der Waals surface area contributed by atoms with Gasteiger partial charge < -0.3 is 14.5 Å². The van der Waals surface area contributed by atoms with Gasteiger partial charge in [0.1, 0.15) is 6.73 Å². The molecule has 2 aromatic rings. The Hall–Kier alpha value is -1.28. The van der Waals surface area contributed by atoms with E-state index in [1.165, 1.54) is 0 Å². The van der Waals surface area contributed by atoms with Gasteiger partial charge in [0.05, 0.1) is 18.9 Å². The quantitative estimate of drug-likeness (QED) is 0.569. The Labute approximate surface area is 125 Å². The lowest BCUT2D eigenvalue weighted by Crippen LogP contribution is -2.09. The molecule has 21 heavy (non-hydrogen) atoms. The SMILES string of the molecule is O=P(O)(O)OCCOCn1nccc1/C=C/c1cccs1. The summed E-state index contributed by atoms with van der Waals surface area (Å²) in [4.78, 5) is 18.2. The molecule has 0 saturated heterocycles. The maximum atomic E-state index is 10.5. The molecule has 2 rings (SSSR count). The van der Waals surface area contributed by atoms with Crippen molar-refractivity contribution < 1.29 is 23.6 Å². The van der Waals surface area contributed by atoms with Crippen LogP contribution in [0.2, 0.25) is 0 Å². The molecule has 2 N–H and O–H groups in total. The summed E-state index contributed by atoms with van der Waals surface area (Å²) >= 11 is 1.64. The van der Waals surface area contributed by atoms with Gasteiger partial charge >= 0.3 is 7.82 Å². The predicted octanol–water partition coefficient (Wildman–Crippen LogP) is 2.20. The standard InChI is InChI=1S/C12H15N2O5PS/c15-20(16,17)19-8-7-18-10-14-11(5-6-13-14)3-4-12-2-1-9-21-12/h1-6,9H,7-8,10H2,(H2,15,16,17)/b4-3+. The second-order valence-electron chi connectivity index (χ2n) is 3.97. The lowest BCUT2D eigenvalue weighted by Gasteiger charge is -2.07. The zero-order chi connectivity index (χ0) is 15.1. The van der Waals surface area contributed by atoms with Crippen LogP contribution in [0.3, 0.4) is 0 Å². The molecule has 0 fully saturated rings. The Bertz CT molecular complexity index is 619. The summed E-state index contributed by atoms with van der Waals surface area (Å²) in [5, 5.41) is 6.11. The molecule has 9 heteroatoms. The fourth-order valence-corrected chi connectivity index (χ4v) is 2.44. The topological polar surface area (TPSA) is 93.8 Å². The summed E-state index contributed by atoms with van der Waals surface area (Å²) in [6.45, 7) is 0.0760. The molecular formula is C12H15N2O5PS. The number of aromatic nitrogens is 2. The Kier molecular flexibility index (Phi) is 5.86. The first-order valence-corrected chi connectivity index (χ1v) is 8.47. The van der Waals surface area contributed by atoms with Crippen LogP contribution in [0.5, 0.6) is 0 Å². The van der Waals surface area contributed by atoms with E-state index in [-0.39, 0.29) is 19.9 Å². The third-order valence-corrected chi connectivity index (χ3v) is 3.77. The smallest absolute Gasteiger partial charge is 0.357 e. The lowest BCUT2D eigenvalue weighted by molar-refractivity contribution is 0.0397. The van der Waals surface area contributed by atoms with Gasteiger partial charge in [-0.15, -0.1) is 11.3 Å². The molecule has 0 unspecified atom stereocenters. The largest absolute Gasteiger partial charge is 0.469 e. The van der Waals surface area contributed by atoms with E-state index < -0.39 is 7.82 Å². The van der Waals surface area contributed by atoms with Gasteiger partial charge in [0, 0.05) is 11.1 Å². The van der Waals surface area contributed by atoms with E-state index >= 15 is 0 Å². The third-order valence-electron chi connectivity index (χ3n) is 2.41. The normalized spacial score (nSPS) is 12.3. The van der Waals surface area contributed by atoms with Gasteiger partial charge in [0.15, 0.2) is 0 Å². The van der Waals surface area contributed by atoms with Crippen LogP contribution in [0, 0.1) is 0 Å². The molecule has 0 spiro atoms. The molecule has 0 aliphatic heterocycles. The van der Waals surface area contributed by atoms with Gasteiger partial charge in [-0.1, -0.05) is 6.07 Å². The molecule has 0 aromatic carbocycles. The third kappa shape index (κ3) is 5.92. The fraction of sp³-hybridized carbons (Fsp3) is 0.250. The molecule has 2 aromatic heterocycles. The number of rotatable bonds is 8. The Morgan fingerprint density at radius 1 is 1.33 bits per heavy atom. The zero-order valence-electron chi connectivity index (χ0n) is 11.0. The Balaban J connectivity index is 1.79. The van der Waals surface area contributed by atoms with Crippen molar-refractivity contribution >= 4 is 31.3 Å². The first kappa shape index (κ1) is 16.1. The summed E-state index contributed by atoms with van der Waals surface area (Å²) in [5.41, 5.74) is 0.874. The van der Waals surface area contributed by atoms with Crippen LogP contribution >= 0.6 is 19.2 Å². The minimum atomic E-state index is -4.43. The highest BCUT2D eigenvalue weighted by Gasteiger charge is 2.12.